The molecule has 0 heterocycles. The Morgan fingerprint density at radius 1 is 1.13 bits per heavy atom. The Morgan fingerprint density at radius 3 is 1.93 bits per heavy atom. The van der Waals surface area contributed by atoms with E-state index in [0.717, 1.165) is 12.8 Å². The zero-order chi connectivity index (χ0) is 12.3. The van der Waals surface area contributed by atoms with Gasteiger partial charge in [0.1, 0.15) is 0 Å². The van der Waals surface area contributed by atoms with Crippen LogP contribution in [0.1, 0.15) is 40.5 Å². The van der Waals surface area contributed by atoms with Gasteiger partial charge in [0.15, 0.2) is 5.05 Å². The predicted octanol–water partition coefficient (Wildman–Crippen LogP) is 3.56. The molecule has 0 aromatic rings. The van der Waals surface area contributed by atoms with Gasteiger partial charge in [0.2, 0.25) is 0 Å². The molecular weight excluding hydrogens is 208 g/mol. The molecular formula is C12H22O2S. The zero-order valence-electron chi connectivity index (χ0n) is 10.1. The van der Waals surface area contributed by atoms with Crippen molar-refractivity contribution in [3.63, 3.8) is 0 Å². The topological polar surface area (TPSA) is 40.5 Å². The summed E-state index contributed by atoms with van der Waals surface area (Å²) in [6, 6.07) is 0. The van der Waals surface area contributed by atoms with E-state index in [4.69, 9.17) is 10.2 Å². The van der Waals surface area contributed by atoms with Gasteiger partial charge in [0.05, 0.1) is 6.61 Å². The summed E-state index contributed by atoms with van der Waals surface area (Å²) in [5.74, 6) is 0. The zero-order valence-corrected chi connectivity index (χ0v) is 10.9. The highest BCUT2D eigenvalue weighted by atomic mass is 32.1. The number of hydrogen-bond donors (Lipinski definition) is 2. The Morgan fingerprint density at radius 2 is 1.60 bits per heavy atom. The minimum absolute atomic E-state index is 0.000000000000000222. The Hall–Kier alpha value is -0.670. The summed E-state index contributed by atoms with van der Waals surface area (Å²) in [6.07, 6.45) is 6.23. The highest BCUT2D eigenvalue weighted by Crippen LogP contribution is 2.05. The second-order valence-corrected chi connectivity index (χ2v) is 4.16. The second-order valence-electron chi connectivity index (χ2n) is 3.57. The minimum Gasteiger partial charge on any atom is -0.502 e. The van der Waals surface area contributed by atoms with Gasteiger partial charge in [-0.25, -0.2) is 0 Å². The number of thiocarbonyl (C=S) groups is 1. The molecule has 0 saturated carbocycles. The fourth-order valence-corrected chi connectivity index (χ4v) is 0.846. The van der Waals surface area contributed by atoms with Crippen LogP contribution in [-0.4, -0.2) is 21.9 Å². The van der Waals surface area contributed by atoms with Crippen LogP contribution >= 0.6 is 12.2 Å². The lowest BCUT2D eigenvalue weighted by atomic mass is 10.1. The minimum atomic E-state index is 0.000000000000000222. The number of hydrogen-bond acceptors (Lipinski definition) is 2. The first-order valence-corrected chi connectivity index (χ1v) is 5.40. The Bertz CT molecular complexity index is 222. The van der Waals surface area contributed by atoms with Crippen molar-refractivity contribution in [1.29, 1.82) is 0 Å². The Labute approximate surface area is 98.3 Å². The van der Waals surface area contributed by atoms with Crippen LogP contribution in [0.15, 0.2) is 23.3 Å². The molecule has 0 amide bonds. The van der Waals surface area contributed by atoms with E-state index >= 15 is 0 Å². The Balaban J connectivity index is 0. The number of aliphatic hydroxyl groups is 2. The van der Waals surface area contributed by atoms with Crippen molar-refractivity contribution in [1.82, 2.24) is 0 Å². The maximum atomic E-state index is 8.55. The van der Waals surface area contributed by atoms with Crippen LogP contribution < -0.4 is 0 Å². The number of aliphatic hydroxyl groups excluding tert-OH is 2. The van der Waals surface area contributed by atoms with Crippen LogP contribution in [0.5, 0.6) is 0 Å². The first kappa shape index (κ1) is 16.7. The average Bonchev–Trinajstić information content (AvgIpc) is 2.02. The van der Waals surface area contributed by atoms with Crippen LogP contribution in [0.4, 0.5) is 0 Å². The maximum Gasteiger partial charge on any atom is 0.153 e. The summed E-state index contributed by atoms with van der Waals surface area (Å²) in [4.78, 5) is 0. The van der Waals surface area contributed by atoms with E-state index in [2.05, 4.69) is 39.1 Å². The summed E-state index contributed by atoms with van der Waals surface area (Å²) in [5.41, 5.74) is 2.63. The lowest BCUT2D eigenvalue weighted by molar-refractivity contribution is 0.341. The van der Waals surface area contributed by atoms with Crippen LogP contribution in [0.3, 0.4) is 0 Å². The summed E-state index contributed by atoms with van der Waals surface area (Å²) in [6.45, 7) is 7.88. The highest BCUT2D eigenvalue weighted by Gasteiger charge is 1.86. The molecule has 0 aliphatic rings. The normalized spacial score (nSPS) is 10.1. The smallest absolute Gasteiger partial charge is 0.153 e. The van der Waals surface area contributed by atoms with Gasteiger partial charge in [-0.05, 0) is 45.8 Å². The van der Waals surface area contributed by atoms with Gasteiger partial charge >= 0.3 is 0 Å². The highest BCUT2D eigenvalue weighted by molar-refractivity contribution is 7.79. The van der Waals surface area contributed by atoms with Gasteiger partial charge in [0, 0.05) is 6.92 Å². The standard InChI is InChI=1S/C10H18O.C2H4OS/c1-9(2)5-4-6-10(3)7-8-11;1-2(3)4/h5,7,11H,4,6,8H2,1-3H3;1H3,(H,3,4)/b10-7+;. The van der Waals surface area contributed by atoms with E-state index in [0.29, 0.717) is 0 Å². The number of rotatable bonds is 4. The third-order valence-corrected chi connectivity index (χ3v) is 1.53. The monoisotopic (exact) mass is 230 g/mol. The second kappa shape index (κ2) is 11.4. The first-order chi connectivity index (χ1) is 6.90. The summed E-state index contributed by atoms with van der Waals surface area (Å²) in [7, 11) is 0. The fourth-order valence-electron chi connectivity index (χ4n) is 0.846. The molecule has 15 heavy (non-hydrogen) atoms. The SMILES string of the molecule is CC(C)=CCC/C(C)=C/CO.CC(O)=S. The van der Waals surface area contributed by atoms with Gasteiger partial charge in [-0.15, -0.1) is 0 Å². The molecule has 2 nitrogen and oxygen atoms in total. The lowest BCUT2D eigenvalue weighted by Crippen LogP contribution is -1.80. The molecule has 0 spiro atoms. The van der Waals surface area contributed by atoms with Crippen molar-refractivity contribution in [2.75, 3.05) is 6.61 Å². The van der Waals surface area contributed by atoms with E-state index in [1.807, 2.05) is 6.08 Å². The Kier molecular flexibility index (Phi) is 12.7. The van der Waals surface area contributed by atoms with Gasteiger partial charge in [-0.2, -0.15) is 0 Å². The van der Waals surface area contributed by atoms with Crippen LogP contribution in [0, 0.1) is 0 Å². The van der Waals surface area contributed by atoms with Crippen molar-refractivity contribution in [2.24, 2.45) is 0 Å². The third kappa shape index (κ3) is 24.7. The molecule has 88 valence electrons. The molecule has 0 aromatic carbocycles. The van der Waals surface area contributed by atoms with E-state index < -0.39 is 0 Å². The summed E-state index contributed by atoms with van der Waals surface area (Å²) < 4.78 is 0. The molecule has 0 fully saturated rings. The summed E-state index contributed by atoms with van der Waals surface area (Å²) >= 11 is 4.09. The van der Waals surface area contributed by atoms with E-state index in [-0.39, 0.29) is 11.7 Å². The molecule has 0 unspecified atom stereocenters. The maximum absolute atomic E-state index is 8.55. The molecule has 0 rings (SSSR count). The van der Waals surface area contributed by atoms with Gasteiger partial charge in [-0.3, -0.25) is 0 Å². The number of allylic oxidation sites excluding steroid dienone is 3. The van der Waals surface area contributed by atoms with Crippen molar-refractivity contribution in [2.45, 2.75) is 40.5 Å². The van der Waals surface area contributed by atoms with Crippen LogP contribution in [0.2, 0.25) is 0 Å². The first-order valence-electron chi connectivity index (χ1n) is 4.99. The van der Waals surface area contributed by atoms with Gasteiger partial charge in [-0.1, -0.05) is 23.3 Å². The van der Waals surface area contributed by atoms with Crippen molar-refractivity contribution in [3.8, 4) is 0 Å². The van der Waals surface area contributed by atoms with Crippen LogP contribution in [0.25, 0.3) is 0 Å². The molecule has 0 saturated heterocycles. The molecule has 2 N–H and O–H groups in total. The molecule has 0 radical (unpaired) electrons. The molecule has 0 aliphatic carbocycles. The largest absolute Gasteiger partial charge is 0.502 e. The predicted molar refractivity (Wildman–Crippen MR) is 70.4 cm³/mol. The quantitative estimate of drug-likeness (QED) is 0.573. The molecule has 3 heteroatoms. The van der Waals surface area contributed by atoms with E-state index in [1.54, 1.807) is 0 Å². The van der Waals surface area contributed by atoms with Gasteiger partial charge in [0.25, 0.3) is 0 Å². The summed E-state index contributed by atoms with van der Waals surface area (Å²) in [5, 5.41) is 16.3. The van der Waals surface area contributed by atoms with Crippen molar-refractivity contribution < 1.29 is 10.2 Å². The van der Waals surface area contributed by atoms with Crippen molar-refractivity contribution in [3.05, 3.63) is 23.3 Å². The van der Waals surface area contributed by atoms with Crippen LogP contribution in [-0.2, 0) is 0 Å². The lowest BCUT2D eigenvalue weighted by Gasteiger charge is -1.96. The third-order valence-electron chi connectivity index (χ3n) is 1.53. The van der Waals surface area contributed by atoms with Crippen molar-refractivity contribution >= 4 is 17.3 Å². The molecule has 0 bridgehead atoms. The van der Waals surface area contributed by atoms with E-state index in [1.165, 1.54) is 18.1 Å². The van der Waals surface area contributed by atoms with E-state index in [9.17, 15) is 0 Å². The fraction of sp³-hybridized carbons (Fsp3) is 0.583. The molecule has 0 aromatic heterocycles. The average molecular weight is 230 g/mol. The molecule has 0 aliphatic heterocycles. The molecule has 0 atom stereocenters. The van der Waals surface area contributed by atoms with Gasteiger partial charge < -0.3 is 10.2 Å².